The number of carbonyl (C=O) groups is 1. The molecule has 0 fully saturated rings. The Hall–Kier alpha value is -2.37. The van der Waals surface area contributed by atoms with E-state index in [-0.39, 0.29) is 23.5 Å². The van der Waals surface area contributed by atoms with Crippen molar-refractivity contribution in [2.75, 3.05) is 6.54 Å². The quantitative estimate of drug-likeness (QED) is 0.508. The molecule has 4 N–H and O–H groups in total. The van der Waals surface area contributed by atoms with Gasteiger partial charge in [0.2, 0.25) is 5.91 Å². The van der Waals surface area contributed by atoms with Crippen LogP contribution < -0.4 is 21.1 Å². The molecular weight excluding hydrogens is 386 g/mol. The molecule has 0 saturated carbocycles. The van der Waals surface area contributed by atoms with Crippen LogP contribution in [-0.2, 0) is 17.8 Å². The Morgan fingerprint density at radius 1 is 1.00 bits per heavy atom. The third-order valence-corrected chi connectivity index (χ3v) is 4.83. The molecule has 5 nitrogen and oxygen atoms in total. The molecule has 2 aromatic rings. The number of benzene rings is 2. The molecule has 0 aliphatic heterocycles. The molecule has 31 heavy (non-hydrogen) atoms. The van der Waals surface area contributed by atoms with Crippen molar-refractivity contribution < 1.29 is 9.53 Å². The van der Waals surface area contributed by atoms with Gasteiger partial charge in [0.1, 0.15) is 12.4 Å². The van der Waals surface area contributed by atoms with E-state index < -0.39 is 0 Å². The number of amides is 1. The third-order valence-electron chi connectivity index (χ3n) is 4.83. The zero-order chi connectivity index (χ0) is 22.9. The van der Waals surface area contributed by atoms with Crippen LogP contribution in [0.25, 0.3) is 0 Å². The summed E-state index contributed by atoms with van der Waals surface area (Å²) in [5.41, 5.74) is 8.16. The minimum Gasteiger partial charge on any atom is -0.489 e. The predicted molar refractivity (Wildman–Crippen MR) is 128 cm³/mol. The predicted octanol–water partition coefficient (Wildman–Crippen LogP) is 4.05. The summed E-state index contributed by atoms with van der Waals surface area (Å²) in [6.45, 7) is 11.4. The Morgan fingerprint density at radius 3 is 2.23 bits per heavy atom. The molecule has 170 valence electrons. The van der Waals surface area contributed by atoms with Crippen LogP contribution in [0.5, 0.6) is 5.75 Å². The number of hydrogen-bond donors (Lipinski definition) is 3. The molecule has 5 heteroatoms. The maximum atomic E-state index is 12.9. The summed E-state index contributed by atoms with van der Waals surface area (Å²) in [5, 5.41) is 6.48. The maximum Gasteiger partial charge on any atom is 0.237 e. The van der Waals surface area contributed by atoms with Gasteiger partial charge in [-0.05, 0) is 62.8 Å². The monoisotopic (exact) mass is 425 g/mol. The first-order valence-electron chi connectivity index (χ1n) is 11.2. The Bertz CT molecular complexity index is 783. The van der Waals surface area contributed by atoms with Crippen molar-refractivity contribution in [3.8, 4) is 5.75 Å². The summed E-state index contributed by atoms with van der Waals surface area (Å²) in [6.07, 6.45) is 1.52. The fourth-order valence-electron chi connectivity index (χ4n) is 3.40. The van der Waals surface area contributed by atoms with Crippen LogP contribution in [0, 0.1) is 5.92 Å². The molecule has 2 aromatic carbocycles. The minimum atomic E-state index is -0.339. The largest absolute Gasteiger partial charge is 0.489 e. The lowest BCUT2D eigenvalue weighted by atomic mass is 10.0. The van der Waals surface area contributed by atoms with Gasteiger partial charge in [-0.25, -0.2) is 0 Å². The second kappa shape index (κ2) is 11.9. The highest BCUT2D eigenvalue weighted by molar-refractivity contribution is 5.82. The van der Waals surface area contributed by atoms with Gasteiger partial charge in [0, 0.05) is 18.1 Å². The number of carbonyl (C=O) groups excluding carboxylic acids is 1. The summed E-state index contributed by atoms with van der Waals surface area (Å²) < 4.78 is 5.87. The first kappa shape index (κ1) is 24.9. The number of hydrogen-bond acceptors (Lipinski definition) is 4. The summed E-state index contributed by atoms with van der Waals surface area (Å²) in [7, 11) is 0. The van der Waals surface area contributed by atoms with Crippen molar-refractivity contribution in [2.24, 2.45) is 11.7 Å². The van der Waals surface area contributed by atoms with Gasteiger partial charge < -0.3 is 21.1 Å². The normalized spacial score (nSPS) is 13.6. The van der Waals surface area contributed by atoms with Crippen molar-refractivity contribution in [1.82, 2.24) is 10.6 Å². The highest BCUT2D eigenvalue weighted by Gasteiger charge is 2.23. The maximum absolute atomic E-state index is 12.9. The van der Waals surface area contributed by atoms with E-state index in [1.54, 1.807) is 0 Å². The highest BCUT2D eigenvalue weighted by Crippen LogP contribution is 2.16. The summed E-state index contributed by atoms with van der Waals surface area (Å²) in [5.74, 6) is 1.34. The summed E-state index contributed by atoms with van der Waals surface area (Å²) in [6, 6.07) is 17.7. The average Bonchev–Trinajstić information content (AvgIpc) is 2.69. The second-order valence-corrected chi connectivity index (χ2v) is 9.71. The molecule has 0 radical (unpaired) electrons. The third kappa shape index (κ3) is 9.99. The molecule has 0 saturated heterocycles. The fraction of sp³-hybridized carbons (Fsp3) is 0.500. The molecule has 0 aromatic heterocycles. The molecule has 2 atom stereocenters. The van der Waals surface area contributed by atoms with Crippen LogP contribution in [0.2, 0.25) is 0 Å². The molecule has 0 aliphatic rings. The van der Waals surface area contributed by atoms with Crippen LogP contribution in [-0.4, -0.2) is 30.1 Å². The molecule has 0 bridgehead atoms. The van der Waals surface area contributed by atoms with E-state index in [0.29, 0.717) is 25.5 Å². The number of ether oxygens (including phenoxy) is 1. The SMILES string of the molecule is CC(C)CC(N)CNC(Cc1ccc(OCc2ccccc2)cc1)C(=O)NC(C)(C)C. The van der Waals surface area contributed by atoms with Crippen LogP contribution in [0.15, 0.2) is 54.6 Å². The van der Waals surface area contributed by atoms with Gasteiger partial charge in [-0.1, -0.05) is 56.3 Å². The van der Waals surface area contributed by atoms with E-state index in [9.17, 15) is 4.79 Å². The van der Waals surface area contributed by atoms with Crippen molar-refractivity contribution in [3.63, 3.8) is 0 Å². The van der Waals surface area contributed by atoms with Crippen molar-refractivity contribution in [1.29, 1.82) is 0 Å². The average molecular weight is 426 g/mol. The van der Waals surface area contributed by atoms with Crippen LogP contribution >= 0.6 is 0 Å². The lowest BCUT2D eigenvalue weighted by molar-refractivity contribution is -0.124. The zero-order valence-electron chi connectivity index (χ0n) is 19.7. The van der Waals surface area contributed by atoms with Gasteiger partial charge in [-0.15, -0.1) is 0 Å². The van der Waals surface area contributed by atoms with Gasteiger partial charge >= 0.3 is 0 Å². The van der Waals surface area contributed by atoms with Crippen molar-refractivity contribution in [2.45, 2.75) is 71.7 Å². The number of nitrogens with one attached hydrogen (secondary N) is 2. The van der Waals surface area contributed by atoms with E-state index in [1.807, 2.05) is 75.4 Å². The molecule has 0 spiro atoms. The Labute approximate surface area is 187 Å². The van der Waals surface area contributed by atoms with E-state index in [2.05, 4.69) is 24.5 Å². The first-order valence-corrected chi connectivity index (χ1v) is 11.2. The smallest absolute Gasteiger partial charge is 0.237 e. The number of rotatable bonds is 11. The summed E-state index contributed by atoms with van der Waals surface area (Å²) in [4.78, 5) is 12.9. The lowest BCUT2D eigenvalue weighted by Gasteiger charge is -2.27. The second-order valence-electron chi connectivity index (χ2n) is 9.71. The molecule has 0 aliphatic carbocycles. The molecule has 0 heterocycles. The highest BCUT2D eigenvalue weighted by atomic mass is 16.5. The fourth-order valence-corrected chi connectivity index (χ4v) is 3.40. The van der Waals surface area contributed by atoms with E-state index >= 15 is 0 Å². The van der Waals surface area contributed by atoms with Crippen molar-refractivity contribution >= 4 is 5.91 Å². The van der Waals surface area contributed by atoms with Crippen LogP contribution in [0.3, 0.4) is 0 Å². The first-order chi connectivity index (χ1) is 14.6. The van der Waals surface area contributed by atoms with E-state index in [0.717, 1.165) is 23.3 Å². The topological polar surface area (TPSA) is 76.4 Å². The van der Waals surface area contributed by atoms with E-state index in [1.165, 1.54) is 0 Å². The van der Waals surface area contributed by atoms with Crippen molar-refractivity contribution in [3.05, 3.63) is 65.7 Å². The Balaban J connectivity index is 1.98. The van der Waals surface area contributed by atoms with Gasteiger partial charge in [0.15, 0.2) is 0 Å². The summed E-state index contributed by atoms with van der Waals surface area (Å²) >= 11 is 0. The molecule has 2 unspecified atom stereocenters. The number of nitrogens with two attached hydrogens (primary N) is 1. The molecule has 1 amide bonds. The van der Waals surface area contributed by atoms with Crippen LogP contribution in [0.4, 0.5) is 0 Å². The van der Waals surface area contributed by atoms with E-state index in [4.69, 9.17) is 10.5 Å². The Kier molecular flexibility index (Phi) is 9.53. The Morgan fingerprint density at radius 2 is 1.65 bits per heavy atom. The standard InChI is InChI=1S/C26H39N3O2/c1-19(2)15-22(27)17-28-24(25(30)29-26(3,4)5)16-20-11-13-23(14-12-20)31-18-21-9-7-6-8-10-21/h6-14,19,22,24,28H,15-18,27H2,1-5H3,(H,29,30). The lowest BCUT2D eigenvalue weighted by Crippen LogP contribution is -2.53. The molecular formula is C26H39N3O2. The van der Waals surface area contributed by atoms with Gasteiger partial charge in [0.25, 0.3) is 0 Å². The van der Waals surface area contributed by atoms with Crippen LogP contribution in [0.1, 0.15) is 52.2 Å². The molecule has 2 rings (SSSR count). The van der Waals surface area contributed by atoms with Gasteiger partial charge in [-0.2, -0.15) is 0 Å². The minimum absolute atomic E-state index is 0.00588. The van der Waals surface area contributed by atoms with Gasteiger partial charge in [0.05, 0.1) is 6.04 Å². The zero-order valence-corrected chi connectivity index (χ0v) is 19.7. The van der Waals surface area contributed by atoms with Gasteiger partial charge in [-0.3, -0.25) is 4.79 Å².